The van der Waals surface area contributed by atoms with Crippen LogP contribution in [0, 0.1) is 6.92 Å². The van der Waals surface area contributed by atoms with Crippen LogP contribution < -0.4 is 0 Å². The number of piperazine rings is 1. The molecule has 1 aromatic heterocycles. The second kappa shape index (κ2) is 9.85. The highest BCUT2D eigenvalue weighted by Gasteiger charge is 2.30. The highest BCUT2D eigenvalue weighted by molar-refractivity contribution is 7.89. The zero-order valence-electron chi connectivity index (χ0n) is 19.5. The van der Waals surface area contributed by atoms with Gasteiger partial charge in [-0.3, -0.25) is 4.79 Å². The van der Waals surface area contributed by atoms with Crippen molar-refractivity contribution in [2.24, 2.45) is 0 Å². The highest BCUT2D eigenvalue weighted by atomic mass is 35.5. The van der Waals surface area contributed by atoms with Gasteiger partial charge in [0, 0.05) is 47.9 Å². The Hall–Kier alpha value is -3.53. The van der Waals surface area contributed by atoms with E-state index in [1.807, 2.05) is 31.2 Å². The lowest BCUT2D eigenvalue weighted by Gasteiger charge is -2.34. The molecule has 0 bridgehead atoms. The van der Waals surface area contributed by atoms with Crippen LogP contribution in [0.1, 0.15) is 15.9 Å². The number of rotatable bonds is 5. The summed E-state index contributed by atoms with van der Waals surface area (Å²) in [6.07, 6.45) is 0. The van der Waals surface area contributed by atoms with E-state index in [2.05, 4.69) is 10.2 Å². The number of hydrogen-bond acceptors (Lipinski definition) is 6. The van der Waals surface area contributed by atoms with Crippen LogP contribution in [0.3, 0.4) is 0 Å². The van der Waals surface area contributed by atoms with E-state index in [1.54, 1.807) is 41.3 Å². The summed E-state index contributed by atoms with van der Waals surface area (Å²) in [6, 6.07) is 20.9. The molecule has 2 heterocycles. The lowest BCUT2D eigenvalue weighted by atomic mass is 10.1. The molecule has 3 aromatic carbocycles. The number of hydrogen-bond donors (Lipinski definition) is 0. The predicted octanol–water partition coefficient (Wildman–Crippen LogP) is 4.51. The van der Waals surface area contributed by atoms with Crippen LogP contribution in [0.15, 0.2) is 82.1 Å². The summed E-state index contributed by atoms with van der Waals surface area (Å²) in [5.74, 6) is 0.632. The van der Waals surface area contributed by atoms with Gasteiger partial charge < -0.3 is 9.32 Å². The molecule has 36 heavy (non-hydrogen) atoms. The summed E-state index contributed by atoms with van der Waals surface area (Å²) in [7, 11) is -3.67. The summed E-state index contributed by atoms with van der Waals surface area (Å²) >= 11 is 5.96. The van der Waals surface area contributed by atoms with E-state index in [9.17, 15) is 13.2 Å². The molecule has 0 N–H and O–H groups in total. The van der Waals surface area contributed by atoms with Crippen LogP contribution >= 0.6 is 11.6 Å². The van der Waals surface area contributed by atoms with E-state index in [1.165, 1.54) is 16.4 Å². The van der Waals surface area contributed by atoms with Gasteiger partial charge in [-0.05, 0) is 61.5 Å². The van der Waals surface area contributed by atoms with Crippen molar-refractivity contribution in [2.45, 2.75) is 11.8 Å². The molecule has 8 nitrogen and oxygen atoms in total. The Morgan fingerprint density at radius 2 is 1.44 bits per heavy atom. The van der Waals surface area contributed by atoms with Crippen molar-refractivity contribution in [1.82, 2.24) is 19.4 Å². The minimum Gasteiger partial charge on any atom is -0.416 e. The number of sulfonamides is 1. The number of aromatic nitrogens is 2. The highest BCUT2D eigenvalue weighted by Crippen LogP contribution is 2.25. The zero-order valence-corrected chi connectivity index (χ0v) is 21.0. The molecule has 0 saturated carbocycles. The maximum atomic E-state index is 13.0. The molecule has 184 valence electrons. The van der Waals surface area contributed by atoms with Gasteiger partial charge in [0.15, 0.2) is 0 Å². The van der Waals surface area contributed by atoms with Crippen molar-refractivity contribution >= 4 is 27.5 Å². The van der Waals surface area contributed by atoms with E-state index in [4.69, 9.17) is 16.0 Å². The van der Waals surface area contributed by atoms with Crippen LogP contribution in [0.25, 0.3) is 22.9 Å². The molecule has 1 aliphatic rings. The molecule has 5 rings (SSSR count). The molecule has 10 heteroatoms. The average Bonchev–Trinajstić information content (AvgIpc) is 3.39. The fourth-order valence-corrected chi connectivity index (χ4v) is 5.72. The molecule has 1 fully saturated rings. The molecule has 1 amide bonds. The third-order valence-electron chi connectivity index (χ3n) is 6.06. The lowest BCUT2D eigenvalue weighted by molar-refractivity contribution is 0.0698. The van der Waals surface area contributed by atoms with E-state index in [-0.39, 0.29) is 23.9 Å². The van der Waals surface area contributed by atoms with Gasteiger partial charge in [0.25, 0.3) is 5.91 Å². The molecule has 0 atom stereocenters. The van der Waals surface area contributed by atoms with Crippen molar-refractivity contribution in [1.29, 1.82) is 0 Å². The number of halogens is 1. The van der Waals surface area contributed by atoms with E-state index >= 15 is 0 Å². The monoisotopic (exact) mass is 522 g/mol. The Labute approximate surface area is 214 Å². The van der Waals surface area contributed by atoms with Gasteiger partial charge in [0.2, 0.25) is 21.8 Å². The van der Waals surface area contributed by atoms with E-state index < -0.39 is 10.0 Å². The summed E-state index contributed by atoms with van der Waals surface area (Å²) in [5, 5.41) is 8.61. The number of benzene rings is 3. The van der Waals surface area contributed by atoms with Crippen LogP contribution in [0.5, 0.6) is 0 Å². The summed E-state index contributed by atoms with van der Waals surface area (Å²) in [6.45, 7) is 3.02. The number of aryl methyl sites for hydroxylation is 1. The average molecular weight is 523 g/mol. The van der Waals surface area contributed by atoms with Gasteiger partial charge in [-0.2, -0.15) is 4.31 Å². The second-order valence-corrected chi connectivity index (χ2v) is 10.9. The quantitative estimate of drug-likeness (QED) is 0.382. The van der Waals surface area contributed by atoms with E-state index in [0.29, 0.717) is 41.0 Å². The summed E-state index contributed by atoms with van der Waals surface area (Å²) in [5.41, 5.74) is 3.18. The Morgan fingerprint density at radius 1 is 0.861 bits per heavy atom. The van der Waals surface area contributed by atoms with E-state index in [0.717, 1.165) is 11.1 Å². The summed E-state index contributed by atoms with van der Waals surface area (Å²) in [4.78, 5) is 14.8. The number of carbonyl (C=O) groups excluding carboxylic acids is 1. The molecular weight excluding hydrogens is 500 g/mol. The van der Waals surface area contributed by atoms with Crippen LogP contribution in [0.2, 0.25) is 5.02 Å². The molecular formula is C26H23ClN4O4S. The van der Waals surface area contributed by atoms with Crippen molar-refractivity contribution in [3.8, 4) is 22.9 Å². The van der Waals surface area contributed by atoms with Crippen molar-refractivity contribution in [2.75, 3.05) is 26.2 Å². The summed E-state index contributed by atoms with van der Waals surface area (Å²) < 4.78 is 33.0. The fourth-order valence-electron chi connectivity index (χ4n) is 4.00. The topological polar surface area (TPSA) is 96.6 Å². The maximum absolute atomic E-state index is 13.0. The lowest BCUT2D eigenvalue weighted by Crippen LogP contribution is -2.50. The Balaban J connectivity index is 1.23. The van der Waals surface area contributed by atoms with Gasteiger partial charge in [-0.1, -0.05) is 35.4 Å². The van der Waals surface area contributed by atoms with Gasteiger partial charge in [0.05, 0.1) is 4.90 Å². The first-order chi connectivity index (χ1) is 17.3. The van der Waals surface area contributed by atoms with Gasteiger partial charge in [-0.15, -0.1) is 10.2 Å². The van der Waals surface area contributed by atoms with Gasteiger partial charge in [0.1, 0.15) is 0 Å². The molecule has 0 spiro atoms. The maximum Gasteiger partial charge on any atom is 0.253 e. The van der Waals surface area contributed by atoms with Crippen LogP contribution in [0.4, 0.5) is 0 Å². The first-order valence-electron chi connectivity index (χ1n) is 11.4. The first kappa shape index (κ1) is 24.2. The zero-order chi connectivity index (χ0) is 25.3. The predicted molar refractivity (Wildman–Crippen MR) is 136 cm³/mol. The molecule has 0 radical (unpaired) electrons. The van der Waals surface area contributed by atoms with Crippen LogP contribution in [-0.2, 0) is 10.0 Å². The van der Waals surface area contributed by atoms with Gasteiger partial charge in [-0.25, -0.2) is 8.42 Å². The molecule has 4 aromatic rings. The Kier molecular flexibility index (Phi) is 6.61. The number of amides is 1. The fraction of sp³-hybridized carbons (Fsp3) is 0.192. The molecule has 1 aliphatic heterocycles. The first-order valence-corrected chi connectivity index (χ1v) is 13.2. The SMILES string of the molecule is Cc1ccc(-c2nnc(-c3ccc(C(=O)N4CCN(S(=O)(=O)c5cccc(Cl)c5)CC4)cc3)o2)cc1. The Morgan fingerprint density at radius 3 is 2.03 bits per heavy atom. The standard InChI is InChI=1S/C26H23ClN4O4S/c1-18-5-7-19(8-6-18)24-28-29-25(35-24)20-9-11-21(12-10-20)26(32)30-13-15-31(16-14-30)36(33,34)23-4-2-3-22(27)17-23/h2-12,17H,13-16H2,1H3. The third kappa shape index (κ3) is 4.90. The molecule has 1 saturated heterocycles. The second-order valence-electron chi connectivity index (χ2n) is 8.51. The molecule has 0 aliphatic carbocycles. The van der Waals surface area contributed by atoms with Gasteiger partial charge >= 0.3 is 0 Å². The normalized spacial score (nSPS) is 14.7. The van der Waals surface area contributed by atoms with Crippen molar-refractivity contribution in [3.63, 3.8) is 0 Å². The van der Waals surface area contributed by atoms with Crippen molar-refractivity contribution < 1.29 is 17.6 Å². The third-order valence-corrected chi connectivity index (χ3v) is 8.19. The van der Waals surface area contributed by atoms with Crippen molar-refractivity contribution in [3.05, 3.63) is 88.9 Å². The minimum absolute atomic E-state index is 0.150. The number of carbonyl (C=O) groups is 1. The minimum atomic E-state index is -3.67. The Bertz CT molecular complexity index is 1490. The smallest absolute Gasteiger partial charge is 0.253 e. The van der Waals surface area contributed by atoms with Crippen LogP contribution in [-0.4, -0.2) is 59.9 Å². The largest absolute Gasteiger partial charge is 0.416 e. The number of nitrogens with zero attached hydrogens (tertiary/aromatic N) is 4. The molecule has 0 unspecified atom stereocenters.